The van der Waals surface area contributed by atoms with Crippen LogP contribution in [0.4, 0.5) is 5.69 Å². The number of benzene rings is 2. The van der Waals surface area contributed by atoms with Crippen LogP contribution >= 0.6 is 15.9 Å². The highest BCUT2D eigenvalue weighted by Crippen LogP contribution is 2.23. The number of nitrogens with one attached hydrogen (secondary N) is 1. The molecule has 0 spiro atoms. The SMILES string of the molecule is COc1ccc2c(CN(C)CC(=O)Nc3ccc(Br)cc3C)cc(=O)oc2c1. The largest absolute Gasteiger partial charge is 0.497 e. The van der Waals surface area contributed by atoms with Crippen LogP contribution in [0.15, 0.2) is 56.1 Å². The highest BCUT2D eigenvalue weighted by atomic mass is 79.9. The minimum Gasteiger partial charge on any atom is -0.497 e. The van der Waals surface area contributed by atoms with Crippen LogP contribution in [0.1, 0.15) is 11.1 Å². The summed E-state index contributed by atoms with van der Waals surface area (Å²) in [5, 5.41) is 3.74. The molecule has 0 unspecified atom stereocenters. The lowest BCUT2D eigenvalue weighted by molar-refractivity contribution is -0.117. The van der Waals surface area contributed by atoms with E-state index in [4.69, 9.17) is 9.15 Å². The fourth-order valence-corrected chi connectivity index (χ4v) is 3.49. The molecule has 1 aromatic heterocycles. The molecule has 2 aromatic carbocycles. The highest BCUT2D eigenvalue weighted by molar-refractivity contribution is 9.10. The Hall–Kier alpha value is -2.64. The van der Waals surface area contributed by atoms with Gasteiger partial charge in [-0.25, -0.2) is 4.79 Å². The summed E-state index contributed by atoms with van der Waals surface area (Å²) in [6, 6.07) is 12.5. The van der Waals surface area contributed by atoms with Gasteiger partial charge in [-0.05, 0) is 55.4 Å². The normalized spacial score (nSPS) is 11.0. The molecule has 0 radical (unpaired) electrons. The Morgan fingerprint density at radius 1 is 1.21 bits per heavy atom. The lowest BCUT2D eigenvalue weighted by atomic mass is 10.1. The Morgan fingerprint density at radius 2 is 2.00 bits per heavy atom. The third-order valence-corrected chi connectivity index (χ3v) is 4.85. The van der Waals surface area contributed by atoms with Gasteiger partial charge in [-0.2, -0.15) is 0 Å². The molecule has 6 nitrogen and oxygen atoms in total. The molecule has 0 saturated heterocycles. The number of fused-ring (bicyclic) bond motifs is 1. The topological polar surface area (TPSA) is 71.8 Å². The van der Waals surface area contributed by atoms with Crippen LogP contribution < -0.4 is 15.7 Å². The summed E-state index contributed by atoms with van der Waals surface area (Å²) in [5.41, 5.74) is 2.58. The number of aryl methyl sites for hydroxylation is 1. The number of carbonyl (C=O) groups excluding carboxylic acids is 1. The van der Waals surface area contributed by atoms with Gasteiger partial charge >= 0.3 is 5.63 Å². The Morgan fingerprint density at radius 3 is 2.71 bits per heavy atom. The van der Waals surface area contributed by atoms with E-state index in [9.17, 15) is 9.59 Å². The Labute approximate surface area is 171 Å². The van der Waals surface area contributed by atoms with Crippen molar-refractivity contribution in [2.45, 2.75) is 13.5 Å². The number of halogens is 1. The zero-order valence-electron chi connectivity index (χ0n) is 15.9. The van der Waals surface area contributed by atoms with Crippen molar-refractivity contribution in [1.29, 1.82) is 0 Å². The molecule has 0 bridgehead atoms. The van der Waals surface area contributed by atoms with Crippen LogP contribution in [0.3, 0.4) is 0 Å². The predicted octanol–water partition coefficient (Wildman–Crippen LogP) is 3.94. The molecule has 0 saturated carbocycles. The third kappa shape index (κ3) is 4.79. The van der Waals surface area contributed by atoms with Crippen molar-refractivity contribution in [2.24, 2.45) is 0 Å². The second-order valence-corrected chi connectivity index (χ2v) is 7.55. The van der Waals surface area contributed by atoms with Crippen LogP contribution in [0.2, 0.25) is 0 Å². The molecular weight excluding hydrogens is 424 g/mol. The van der Waals surface area contributed by atoms with Crippen LogP contribution in [0, 0.1) is 6.92 Å². The van der Waals surface area contributed by atoms with E-state index in [1.807, 2.05) is 49.2 Å². The van der Waals surface area contributed by atoms with E-state index in [2.05, 4.69) is 21.2 Å². The van der Waals surface area contributed by atoms with E-state index in [1.54, 1.807) is 13.2 Å². The van der Waals surface area contributed by atoms with Crippen molar-refractivity contribution in [3.63, 3.8) is 0 Å². The van der Waals surface area contributed by atoms with Crippen LogP contribution in [0.5, 0.6) is 5.75 Å². The number of hydrogen-bond acceptors (Lipinski definition) is 5. The number of likely N-dealkylation sites (N-methyl/N-ethyl adjacent to an activating group) is 1. The smallest absolute Gasteiger partial charge is 0.336 e. The minimum absolute atomic E-state index is 0.123. The molecular formula is C21H21BrN2O4. The van der Waals surface area contributed by atoms with Gasteiger partial charge in [0.25, 0.3) is 0 Å². The number of methoxy groups -OCH3 is 1. The molecule has 1 amide bonds. The molecule has 3 rings (SSSR count). The van der Waals surface area contributed by atoms with Gasteiger partial charge in [0.1, 0.15) is 11.3 Å². The first kappa shape index (κ1) is 20.1. The van der Waals surface area contributed by atoms with E-state index in [-0.39, 0.29) is 12.5 Å². The number of carbonyl (C=O) groups is 1. The minimum atomic E-state index is -0.431. The summed E-state index contributed by atoms with van der Waals surface area (Å²) in [5.74, 6) is 0.493. The first-order valence-corrected chi connectivity index (χ1v) is 9.50. The van der Waals surface area contributed by atoms with E-state index >= 15 is 0 Å². The quantitative estimate of drug-likeness (QED) is 0.582. The van der Waals surface area contributed by atoms with Crippen molar-refractivity contribution < 1.29 is 13.9 Å². The monoisotopic (exact) mass is 444 g/mol. The molecule has 0 atom stereocenters. The Balaban J connectivity index is 1.73. The van der Waals surface area contributed by atoms with Crippen LogP contribution in [0.25, 0.3) is 11.0 Å². The molecule has 0 fully saturated rings. The lowest BCUT2D eigenvalue weighted by Crippen LogP contribution is -2.30. The van der Waals surface area contributed by atoms with Gasteiger partial charge in [0.15, 0.2) is 0 Å². The molecule has 0 aliphatic rings. The number of anilines is 1. The average Bonchev–Trinajstić information content (AvgIpc) is 2.63. The summed E-state index contributed by atoms with van der Waals surface area (Å²) in [6.07, 6.45) is 0. The van der Waals surface area contributed by atoms with Crippen molar-refractivity contribution in [2.75, 3.05) is 26.0 Å². The molecule has 146 valence electrons. The highest BCUT2D eigenvalue weighted by Gasteiger charge is 2.13. The van der Waals surface area contributed by atoms with Gasteiger partial charge in [0.2, 0.25) is 5.91 Å². The van der Waals surface area contributed by atoms with Crippen molar-refractivity contribution >= 4 is 38.5 Å². The molecule has 1 heterocycles. The Bertz CT molecular complexity index is 1080. The molecule has 0 aliphatic carbocycles. The fourth-order valence-electron chi connectivity index (χ4n) is 3.02. The molecule has 7 heteroatoms. The molecule has 1 N–H and O–H groups in total. The van der Waals surface area contributed by atoms with Crippen molar-refractivity contribution in [3.05, 3.63) is 68.5 Å². The summed E-state index contributed by atoms with van der Waals surface area (Å²) in [7, 11) is 3.39. The lowest BCUT2D eigenvalue weighted by Gasteiger charge is -2.18. The van der Waals surface area contributed by atoms with Gasteiger partial charge in [0, 0.05) is 34.2 Å². The second kappa shape index (κ2) is 8.58. The van der Waals surface area contributed by atoms with Gasteiger partial charge < -0.3 is 14.5 Å². The van der Waals surface area contributed by atoms with Crippen LogP contribution in [-0.4, -0.2) is 31.5 Å². The van der Waals surface area contributed by atoms with Crippen LogP contribution in [-0.2, 0) is 11.3 Å². The van der Waals surface area contributed by atoms with Gasteiger partial charge in [0.05, 0.1) is 13.7 Å². The summed E-state index contributed by atoms with van der Waals surface area (Å²) in [6.45, 7) is 2.56. The zero-order chi connectivity index (χ0) is 20.3. The molecule has 3 aromatic rings. The second-order valence-electron chi connectivity index (χ2n) is 6.63. The van der Waals surface area contributed by atoms with E-state index in [0.29, 0.717) is 17.9 Å². The Kier molecular flexibility index (Phi) is 6.16. The summed E-state index contributed by atoms with van der Waals surface area (Å²) in [4.78, 5) is 26.2. The maximum Gasteiger partial charge on any atom is 0.336 e. The van der Waals surface area contributed by atoms with Gasteiger partial charge in [-0.15, -0.1) is 0 Å². The maximum atomic E-state index is 12.4. The van der Waals surface area contributed by atoms with Gasteiger partial charge in [-0.3, -0.25) is 9.69 Å². The first-order chi connectivity index (χ1) is 13.4. The number of hydrogen-bond donors (Lipinski definition) is 1. The number of nitrogens with zero attached hydrogens (tertiary/aromatic N) is 1. The maximum absolute atomic E-state index is 12.4. The van der Waals surface area contributed by atoms with E-state index in [1.165, 1.54) is 6.07 Å². The van der Waals surface area contributed by atoms with Gasteiger partial charge in [-0.1, -0.05) is 15.9 Å². The van der Waals surface area contributed by atoms with Crippen molar-refractivity contribution in [3.8, 4) is 5.75 Å². The standard InChI is InChI=1S/C21H21BrN2O4/c1-13-8-15(22)4-7-18(13)23-20(25)12-24(2)11-14-9-21(26)28-19-10-16(27-3)5-6-17(14)19/h4-10H,11-12H2,1-3H3,(H,23,25). The van der Waals surface area contributed by atoms with E-state index in [0.717, 1.165) is 26.7 Å². The molecule has 28 heavy (non-hydrogen) atoms. The van der Waals surface area contributed by atoms with E-state index < -0.39 is 5.63 Å². The predicted molar refractivity (Wildman–Crippen MR) is 113 cm³/mol. The fraction of sp³-hybridized carbons (Fsp3) is 0.238. The first-order valence-electron chi connectivity index (χ1n) is 8.71. The average molecular weight is 445 g/mol. The number of rotatable bonds is 6. The zero-order valence-corrected chi connectivity index (χ0v) is 17.5. The molecule has 0 aliphatic heterocycles. The third-order valence-electron chi connectivity index (χ3n) is 4.35. The summed E-state index contributed by atoms with van der Waals surface area (Å²) < 4.78 is 11.4. The number of amides is 1. The number of ether oxygens (including phenoxy) is 1. The summed E-state index contributed by atoms with van der Waals surface area (Å²) >= 11 is 3.41. The van der Waals surface area contributed by atoms with Crippen molar-refractivity contribution in [1.82, 2.24) is 4.90 Å².